The minimum absolute atomic E-state index is 0.0441. The van der Waals surface area contributed by atoms with Gasteiger partial charge in [-0.25, -0.2) is 8.78 Å². The van der Waals surface area contributed by atoms with Crippen molar-refractivity contribution in [1.29, 1.82) is 0 Å². The van der Waals surface area contributed by atoms with Gasteiger partial charge in [0.2, 0.25) is 11.6 Å². The zero-order chi connectivity index (χ0) is 31.9. The van der Waals surface area contributed by atoms with Crippen molar-refractivity contribution in [3.05, 3.63) is 64.7 Å². The van der Waals surface area contributed by atoms with Crippen molar-refractivity contribution in [2.75, 3.05) is 13.2 Å². The first-order valence-corrected chi connectivity index (χ1v) is 16.9. The third kappa shape index (κ3) is 7.86. The zero-order valence-electron chi connectivity index (χ0n) is 26.5. The SMILES string of the molecule is CCCCOc1ccc(C2CCC(C(=O)OC3CCC(C4CC=C(c5ccc(OCC)c(F)c5F)CC4)CC3)CC2)c(F)c1F. The Bertz CT molecular complexity index is 1340. The molecule has 3 aliphatic rings. The molecule has 5 rings (SSSR count). The minimum Gasteiger partial charge on any atom is -0.491 e. The predicted molar refractivity (Wildman–Crippen MR) is 166 cm³/mol. The van der Waals surface area contributed by atoms with Crippen LogP contribution in [0.5, 0.6) is 11.5 Å². The van der Waals surface area contributed by atoms with E-state index in [0.717, 1.165) is 56.9 Å². The van der Waals surface area contributed by atoms with Crippen LogP contribution in [0.25, 0.3) is 5.57 Å². The van der Waals surface area contributed by atoms with Crippen LogP contribution in [0.1, 0.15) is 114 Å². The van der Waals surface area contributed by atoms with Gasteiger partial charge in [-0.3, -0.25) is 4.79 Å². The lowest BCUT2D eigenvalue weighted by atomic mass is 9.72. The van der Waals surface area contributed by atoms with E-state index in [-0.39, 0.29) is 42.0 Å². The smallest absolute Gasteiger partial charge is 0.309 e. The zero-order valence-corrected chi connectivity index (χ0v) is 26.5. The summed E-state index contributed by atoms with van der Waals surface area (Å²) < 4.78 is 75.1. The Kier molecular flexibility index (Phi) is 11.5. The fourth-order valence-electron chi connectivity index (χ4n) is 7.45. The number of hydrogen-bond donors (Lipinski definition) is 0. The molecule has 0 aliphatic heterocycles. The molecule has 0 amide bonds. The highest BCUT2D eigenvalue weighted by molar-refractivity contribution is 5.72. The molecule has 0 spiro atoms. The highest BCUT2D eigenvalue weighted by Crippen LogP contribution is 2.43. The standard InChI is InChI=1S/C37H46F4O4/c1-3-5-22-44-32-21-19-30(34(39)36(32)41)26-10-12-27(13-11-26)37(42)45-28-16-14-24(15-17-28)23-6-8-25(9-7-23)29-18-20-31(43-4-2)35(40)33(29)38/h8,18-21,23-24,26-28H,3-7,9-17,22H2,1-2H3. The Morgan fingerprint density at radius 2 is 1.44 bits per heavy atom. The second kappa shape index (κ2) is 15.5. The quantitative estimate of drug-likeness (QED) is 0.141. The first-order valence-electron chi connectivity index (χ1n) is 16.9. The van der Waals surface area contributed by atoms with Crippen molar-refractivity contribution in [1.82, 2.24) is 0 Å². The first kappa shape index (κ1) is 33.3. The highest BCUT2D eigenvalue weighted by atomic mass is 19.2. The van der Waals surface area contributed by atoms with Crippen LogP contribution in [0.3, 0.4) is 0 Å². The highest BCUT2D eigenvalue weighted by Gasteiger charge is 2.34. The maximum atomic E-state index is 14.9. The molecule has 45 heavy (non-hydrogen) atoms. The monoisotopic (exact) mass is 630 g/mol. The molecule has 0 saturated heterocycles. The third-order valence-electron chi connectivity index (χ3n) is 10.1. The van der Waals surface area contributed by atoms with Crippen LogP contribution in [0.2, 0.25) is 0 Å². The number of allylic oxidation sites excluding steroid dienone is 2. The molecule has 0 heterocycles. The maximum absolute atomic E-state index is 14.9. The summed E-state index contributed by atoms with van der Waals surface area (Å²) in [6, 6.07) is 6.26. The van der Waals surface area contributed by atoms with Gasteiger partial charge in [0, 0.05) is 5.56 Å². The number of benzene rings is 2. The number of hydrogen-bond acceptors (Lipinski definition) is 4. The lowest BCUT2D eigenvalue weighted by molar-refractivity contribution is -0.157. The average Bonchev–Trinajstić information content (AvgIpc) is 3.06. The van der Waals surface area contributed by atoms with Crippen LogP contribution < -0.4 is 9.47 Å². The Morgan fingerprint density at radius 1 is 0.756 bits per heavy atom. The van der Waals surface area contributed by atoms with Crippen LogP contribution in [0.4, 0.5) is 17.6 Å². The van der Waals surface area contributed by atoms with E-state index in [1.807, 2.05) is 6.92 Å². The topological polar surface area (TPSA) is 44.8 Å². The van der Waals surface area contributed by atoms with E-state index in [1.165, 1.54) is 12.1 Å². The molecule has 2 saturated carbocycles. The van der Waals surface area contributed by atoms with Crippen molar-refractivity contribution >= 4 is 11.5 Å². The fraction of sp³-hybridized carbons (Fsp3) is 0.595. The molecule has 0 aromatic heterocycles. The normalized spacial score (nSPS) is 25.4. The molecule has 3 aliphatic carbocycles. The molecule has 0 bridgehead atoms. The first-order chi connectivity index (χ1) is 21.8. The molecule has 4 nitrogen and oxygen atoms in total. The number of halogens is 4. The number of ether oxygens (including phenoxy) is 3. The van der Waals surface area contributed by atoms with Gasteiger partial charge < -0.3 is 14.2 Å². The molecule has 2 aromatic carbocycles. The summed E-state index contributed by atoms with van der Waals surface area (Å²) in [4.78, 5) is 13.0. The van der Waals surface area contributed by atoms with Gasteiger partial charge in [0.1, 0.15) is 6.10 Å². The summed E-state index contributed by atoms with van der Waals surface area (Å²) in [7, 11) is 0. The number of carbonyl (C=O) groups is 1. The lowest BCUT2D eigenvalue weighted by Gasteiger charge is -2.36. The van der Waals surface area contributed by atoms with Gasteiger partial charge in [-0.2, -0.15) is 8.78 Å². The Morgan fingerprint density at radius 3 is 2.11 bits per heavy atom. The molecular weight excluding hydrogens is 584 g/mol. The van der Waals surface area contributed by atoms with Gasteiger partial charge >= 0.3 is 5.97 Å². The molecule has 1 unspecified atom stereocenters. The second-order valence-corrected chi connectivity index (χ2v) is 12.9. The molecular formula is C37H46F4O4. The summed E-state index contributed by atoms with van der Waals surface area (Å²) in [5.41, 5.74) is 1.54. The number of unbranched alkanes of at least 4 members (excludes halogenated alkanes) is 1. The van der Waals surface area contributed by atoms with E-state index in [0.29, 0.717) is 61.7 Å². The van der Waals surface area contributed by atoms with Gasteiger partial charge in [0.05, 0.1) is 19.1 Å². The summed E-state index contributed by atoms with van der Waals surface area (Å²) in [5, 5.41) is 0. The van der Waals surface area contributed by atoms with Crippen LogP contribution in [0.15, 0.2) is 30.3 Å². The average molecular weight is 631 g/mol. The van der Waals surface area contributed by atoms with Crippen LogP contribution in [-0.2, 0) is 9.53 Å². The lowest BCUT2D eigenvalue weighted by Crippen LogP contribution is -2.31. The Balaban J connectivity index is 1.06. The minimum atomic E-state index is -0.930. The van der Waals surface area contributed by atoms with Gasteiger partial charge in [-0.1, -0.05) is 25.5 Å². The van der Waals surface area contributed by atoms with E-state index >= 15 is 0 Å². The second-order valence-electron chi connectivity index (χ2n) is 12.9. The molecule has 2 aromatic rings. The van der Waals surface area contributed by atoms with E-state index in [9.17, 15) is 22.4 Å². The van der Waals surface area contributed by atoms with Crippen LogP contribution >= 0.6 is 0 Å². The van der Waals surface area contributed by atoms with Gasteiger partial charge in [-0.15, -0.1) is 0 Å². The fourth-order valence-corrected chi connectivity index (χ4v) is 7.45. The maximum Gasteiger partial charge on any atom is 0.309 e. The summed E-state index contributed by atoms with van der Waals surface area (Å²) in [5.74, 6) is -3.14. The number of esters is 1. The molecule has 1 atom stereocenters. The van der Waals surface area contributed by atoms with E-state index < -0.39 is 23.3 Å². The largest absolute Gasteiger partial charge is 0.491 e. The summed E-state index contributed by atoms with van der Waals surface area (Å²) in [6.45, 7) is 4.38. The predicted octanol–water partition coefficient (Wildman–Crippen LogP) is 10.1. The van der Waals surface area contributed by atoms with Crippen LogP contribution in [0, 0.1) is 41.0 Å². The molecule has 0 N–H and O–H groups in total. The molecule has 8 heteroatoms. The summed E-state index contributed by atoms with van der Waals surface area (Å²) in [6.07, 6.45) is 12.2. The van der Waals surface area contributed by atoms with Gasteiger partial charge in [-0.05, 0) is 131 Å². The van der Waals surface area contributed by atoms with Crippen molar-refractivity contribution in [2.45, 2.75) is 109 Å². The summed E-state index contributed by atoms with van der Waals surface area (Å²) >= 11 is 0. The number of rotatable bonds is 11. The van der Waals surface area contributed by atoms with Gasteiger partial charge in [0.25, 0.3) is 0 Å². The Hall–Kier alpha value is -3.03. The number of carbonyl (C=O) groups excluding carboxylic acids is 1. The van der Waals surface area contributed by atoms with E-state index in [1.54, 1.807) is 19.1 Å². The Labute approximate surface area is 264 Å². The van der Waals surface area contributed by atoms with E-state index in [4.69, 9.17) is 14.2 Å². The molecule has 246 valence electrons. The third-order valence-corrected chi connectivity index (χ3v) is 10.1. The van der Waals surface area contributed by atoms with E-state index in [2.05, 4.69) is 6.08 Å². The molecule has 2 fully saturated rings. The van der Waals surface area contributed by atoms with Crippen molar-refractivity contribution in [3.8, 4) is 11.5 Å². The van der Waals surface area contributed by atoms with Crippen LogP contribution in [-0.4, -0.2) is 25.3 Å². The van der Waals surface area contributed by atoms with Crippen molar-refractivity contribution < 1.29 is 36.6 Å². The van der Waals surface area contributed by atoms with Crippen molar-refractivity contribution in [3.63, 3.8) is 0 Å². The molecule has 0 radical (unpaired) electrons. The van der Waals surface area contributed by atoms with Crippen molar-refractivity contribution in [2.24, 2.45) is 17.8 Å². The van der Waals surface area contributed by atoms with Gasteiger partial charge in [0.15, 0.2) is 23.1 Å².